The van der Waals surface area contributed by atoms with Crippen LogP contribution >= 0.6 is 11.8 Å². The Balaban J connectivity index is 1.69. The number of hydrogen-bond donors (Lipinski definition) is 0. The summed E-state index contributed by atoms with van der Waals surface area (Å²) < 4.78 is 35.2. The van der Waals surface area contributed by atoms with Crippen LogP contribution in [-0.4, -0.2) is 59.5 Å². The van der Waals surface area contributed by atoms with Crippen molar-refractivity contribution >= 4 is 21.8 Å². The fourth-order valence-corrected chi connectivity index (χ4v) is 6.03. The van der Waals surface area contributed by atoms with Crippen molar-refractivity contribution in [2.24, 2.45) is 0 Å². The molecule has 0 saturated carbocycles. The molecule has 170 valence electrons. The zero-order valence-corrected chi connectivity index (χ0v) is 19.8. The van der Waals surface area contributed by atoms with E-state index < -0.39 is 10.0 Å². The SMILES string of the molecule is CCCCSc1nnc(-c2cccc(S(=O)(=O)N3CCOCC3)c2)n1Cc1ccccc1. The lowest BCUT2D eigenvalue weighted by Gasteiger charge is -2.26. The normalized spacial score (nSPS) is 15.2. The topological polar surface area (TPSA) is 77.3 Å². The number of aromatic nitrogens is 3. The molecule has 1 aliphatic rings. The Morgan fingerprint density at radius 2 is 1.81 bits per heavy atom. The Hall–Kier alpha value is -2.20. The quantitative estimate of drug-likeness (QED) is 0.347. The predicted molar refractivity (Wildman–Crippen MR) is 126 cm³/mol. The Morgan fingerprint density at radius 3 is 2.56 bits per heavy atom. The van der Waals surface area contributed by atoms with Gasteiger partial charge in [0.15, 0.2) is 11.0 Å². The van der Waals surface area contributed by atoms with Crippen LogP contribution in [0, 0.1) is 0 Å². The van der Waals surface area contributed by atoms with Gasteiger partial charge in [0.05, 0.1) is 24.7 Å². The number of benzene rings is 2. The fraction of sp³-hybridized carbons (Fsp3) is 0.391. The van der Waals surface area contributed by atoms with Crippen LogP contribution in [0.2, 0.25) is 0 Å². The molecule has 1 aliphatic heterocycles. The monoisotopic (exact) mass is 472 g/mol. The summed E-state index contributed by atoms with van der Waals surface area (Å²) in [6, 6.07) is 17.2. The van der Waals surface area contributed by atoms with Crippen LogP contribution < -0.4 is 0 Å². The van der Waals surface area contributed by atoms with E-state index in [0.29, 0.717) is 38.7 Å². The first-order valence-electron chi connectivity index (χ1n) is 10.9. The maximum atomic E-state index is 13.1. The van der Waals surface area contributed by atoms with Crippen LogP contribution in [0.4, 0.5) is 0 Å². The summed E-state index contributed by atoms with van der Waals surface area (Å²) in [5, 5.41) is 9.75. The highest BCUT2D eigenvalue weighted by atomic mass is 32.2. The third-order valence-electron chi connectivity index (χ3n) is 5.33. The van der Waals surface area contributed by atoms with E-state index in [9.17, 15) is 8.42 Å². The van der Waals surface area contributed by atoms with Crippen molar-refractivity contribution in [3.05, 3.63) is 60.2 Å². The maximum Gasteiger partial charge on any atom is 0.243 e. The summed E-state index contributed by atoms with van der Waals surface area (Å²) >= 11 is 1.69. The summed E-state index contributed by atoms with van der Waals surface area (Å²) in [5.74, 6) is 1.64. The second-order valence-electron chi connectivity index (χ2n) is 7.62. The second kappa shape index (κ2) is 10.6. The molecule has 2 aromatic carbocycles. The van der Waals surface area contributed by atoms with Crippen LogP contribution in [-0.2, 0) is 21.3 Å². The number of morpholine rings is 1. The standard InChI is InChI=1S/C23H28N4O3S2/c1-2-3-16-31-23-25-24-22(27(23)18-19-8-5-4-6-9-19)20-10-7-11-21(17-20)32(28,29)26-12-14-30-15-13-26/h4-11,17H,2-3,12-16,18H2,1H3. The lowest BCUT2D eigenvalue weighted by Crippen LogP contribution is -2.40. The first-order chi connectivity index (χ1) is 15.6. The van der Waals surface area contributed by atoms with Gasteiger partial charge < -0.3 is 4.74 Å². The lowest BCUT2D eigenvalue weighted by molar-refractivity contribution is 0.0730. The molecular formula is C23H28N4O3S2. The molecule has 0 atom stereocenters. The van der Waals surface area contributed by atoms with Crippen molar-refractivity contribution < 1.29 is 13.2 Å². The molecule has 0 unspecified atom stereocenters. The molecule has 1 aromatic heterocycles. The highest BCUT2D eigenvalue weighted by Gasteiger charge is 2.27. The molecule has 1 fully saturated rings. The average Bonchev–Trinajstić information content (AvgIpc) is 3.23. The molecule has 32 heavy (non-hydrogen) atoms. The molecule has 0 N–H and O–H groups in total. The van der Waals surface area contributed by atoms with Gasteiger partial charge in [0.2, 0.25) is 10.0 Å². The average molecular weight is 473 g/mol. The number of sulfonamides is 1. The second-order valence-corrected chi connectivity index (χ2v) is 10.6. The van der Waals surface area contributed by atoms with E-state index in [2.05, 4.69) is 33.8 Å². The number of thioether (sulfide) groups is 1. The maximum absolute atomic E-state index is 13.1. The van der Waals surface area contributed by atoms with Crippen LogP contribution in [0.15, 0.2) is 64.6 Å². The zero-order chi connectivity index (χ0) is 22.4. The van der Waals surface area contributed by atoms with Crippen LogP contribution in [0.25, 0.3) is 11.4 Å². The molecule has 7 nitrogen and oxygen atoms in total. The van der Waals surface area contributed by atoms with Crippen molar-refractivity contribution in [2.75, 3.05) is 32.1 Å². The van der Waals surface area contributed by atoms with Gasteiger partial charge in [0.1, 0.15) is 0 Å². The van der Waals surface area contributed by atoms with Gasteiger partial charge in [-0.15, -0.1) is 10.2 Å². The summed E-state index contributed by atoms with van der Waals surface area (Å²) in [5.41, 5.74) is 1.88. The summed E-state index contributed by atoms with van der Waals surface area (Å²) in [6.07, 6.45) is 2.22. The van der Waals surface area contributed by atoms with E-state index >= 15 is 0 Å². The van der Waals surface area contributed by atoms with E-state index in [-0.39, 0.29) is 4.90 Å². The molecule has 0 radical (unpaired) electrons. The molecule has 3 aromatic rings. The highest BCUT2D eigenvalue weighted by Crippen LogP contribution is 2.28. The van der Waals surface area contributed by atoms with Crippen molar-refractivity contribution in [3.8, 4) is 11.4 Å². The van der Waals surface area contributed by atoms with Crippen LogP contribution in [0.5, 0.6) is 0 Å². The van der Waals surface area contributed by atoms with Gasteiger partial charge in [-0.1, -0.05) is 67.6 Å². The van der Waals surface area contributed by atoms with Gasteiger partial charge in [-0.05, 0) is 24.1 Å². The van der Waals surface area contributed by atoms with E-state index in [4.69, 9.17) is 4.74 Å². The van der Waals surface area contributed by atoms with E-state index in [0.717, 1.165) is 34.9 Å². The van der Waals surface area contributed by atoms with Gasteiger partial charge in [0.25, 0.3) is 0 Å². The molecular weight excluding hydrogens is 444 g/mol. The van der Waals surface area contributed by atoms with Gasteiger partial charge in [-0.3, -0.25) is 4.57 Å². The first kappa shape index (κ1) is 23.0. The summed E-state index contributed by atoms with van der Waals surface area (Å²) in [7, 11) is -3.58. The number of nitrogens with zero attached hydrogens (tertiary/aromatic N) is 4. The van der Waals surface area contributed by atoms with Gasteiger partial charge in [-0.2, -0.15) is 4.31 Å². The minimum absolute atomic E-state index is 0.270. The van der Waals surface area contributed by atoms with Crippen molar-refractivity contribution in [1.82, 2.24) is 19.1 Å². The lowest BCUT2D eigenvalue weighted by atomic mass is 10.2. The number of rotatable bonds is 9. The van der Waals surface area contributed by atoms with Gasteiger partial charge in [0, 0.05) is 24.4 Å². The summed E-state index contributed by atoms with van der Waals surface area (Å²) in [4.78, 5) is 0.270. The Labute approximate surface area is 193 Å². The van der Waals surface area contributed by atoms with E-state index in [1.165, 1.54) is 4.31 Å². The molecule has 0 bridgehead atoms. The van der Waals surface area contributed by atoms with Gasteiger partial charge >= 0.3 is 0 Å². The molecule has 0 spiro atoms. The third kappa shape index (κ3) is 5.23. The van der Waals surface area contributed by atoms with Crippen LogP contribution in [0.3, 0.4) is 0 Å². The smallest absolute Gasteiger partial charge is 0.243 e. The van der Waals surface area contributed by atoms with E-state index in [1.807, 2.05) is 24.3 Å². The fourth-order valence-electron chi connectivity index (χ4n) is 3.56. The first-order valence-corrected chi connectivity index (χ1v) is 13.3. The summed E-state index contributed by atoms with van der Waals surface area (Å²) in [6.45, 7) is 4.37. The van der Waals surface area contributed by atoms with Gasteiger partial charge in [-0.25, -0.2) is 8.42 Å². The number of unbranched alkanes of at least 4 members (excludes halogenated alkanes) is 1. The van der Waals surface area contributed by atoms with Crippen molar-refractivity contribution in [2.45, 2.75) is 36.4 Å². The van der Waals surface area contributed by atoms with E-state index in [1.54, 1.807) is 30.0 Å². The number of ether oxygens (including phenoxy) is 1. The molecule has 2 heterocycles. The third-order valence-corrected chi connectivity index (χ3v) is 8.28. The Kier molecular flexibility index (Phi) is 7.62. The molecule has 0 amide bonds. The largest absolute Gasteiger partial charge is 0.379 e. The van der Waals surface area contributed by atoms with Crippen molar-refractivity contribution in [1.29, 1.82) is 0 Å². The predicted octanol–water partition coefficient (Wildman–Crippen LogP) is 3.91. The Morgan fingerprint density at radius 1 is 1.03 bits per heavy atom. The van der Waals surface area contributed by atoms with Crippen LogP contribution in [0.1, 0.15) is 25.3 Å². The molecule has 9 heteroatoms. The minimum Gasteiger partial charge on any atom is -0.379 e. The minimum atomic E-state index is -3.58. The molecule has 4 rings (SSSR count). The zero-order valence-electron chi connectivity index (χ0n) is 18.2. The Bertz CT molecular complexity index is 1130. The molecule has 0 aliphatic carbocycles. The highest BCUT2D eigenvalue weighted by molar-refractivity contribution is 7.99. The number of hydrogen-bond acceptors (Lipinski definition) is 6. The molecule has 1 saturated heterocycles. The van der Waals surface area contributed by atoms with Crippen molar-refractivity contribution in [3.63, 3.8) is 0 Å².